The van der Waals surface area contributed by atoms with Gasteiger partial charge in [0, 0.05) is 23.0 Å². The monoisotopic (exact) mass is 438 g/mol. The SMILES string of the molecule is Cc1cc(C(=O)O)ccc1-c1ccc(/C=C2\SC(=S)N(n3c(C)ccc3C)C2=O)o1. The summed E-state index contributed by atoms with van der Waals surface area (Å²) in [4.78, 5) is 24.6. The van der Waals surface area contributed by atoms with Crippen molar-refractivity contribution in [3.05, 3.63) is 75.6 Å². The summed E-state index contributed by atoms with van der Waals surface area (Å²) in [6.07, 6.45) is 1.68. The van der Waals surface area contributed by atoms with Gasteiger partial charge in [0.25, 0.3) is 5.91 Å². The Kier molecular flexibility index (Phi) is 5.13. The van der Waals surface area contributed by atoms with Gasteiger partial charge < -0.3 is 9.52 Å². The van der Waals surface area contributed by atoms with Crippen LogP contribution in [0.3, 0.4) is 0 Å². The number of rotatable bonds is 4. The van der Waals surface area contributed by atoms with Crippen molar-refractivity contribution in [1.82, 2.24) is 4.68 Å². The number of aryl methyl sites for hydroxylation is 3. The molecular formula is C22H18N2O4S2. The summed E-state index contributed by atoms with van der Waals surface area (Å²) in [6, 6.07) is 12.3. The molecule has 0 saturated carbocycles. The molecule has 152 valence electrons. The minimum Gasteiger partial charge on any atom is -0.478 e. The van der Waals surface area contributed by atoms with E-state index >= 15 is 0 Å². The maximum atomic E-state index is 13.0. The average molecular weight is 439 g/mol. The van der Waals surface area contributed by atoms with Gasteiger partial charge >= 0.3 is 5.97 Å². The predicted octanol–water partition coefficient (Wildman–Crippen LogP) is 4.91. The number of carbonyl (C=O) groups excluding carboxylic acids is 1. The van der Waals surface area contributed by atoms with E-state index in [0.29, 0.717) is 20.7 Å². The zero-order chi connectivity index (χ0) is 21.6. The molecule has 30 heavy (non-hydrogen) atoms. The Hall–Kier alpha value is -3.10. The largest absolute Gasteiger partial charge is 0.478 e. The standard InChI is InChI=1S/C22H18N2O4S2/c1-12-10-15(21(26)27)6-8-17(12)18-9-7-16(28-18)11-19-20(25)24(22(29)30-19)23-13(2)4-5-14(23)3/h4-11H,1-3H3,(H,26,27)/b19-11-. The molecule has 0 bridgehead atoms. The first kappa shape index (κ1) is 20.2. The maximum absolute atomic E-state index is 13.0. The fourth-order valence-corrected chi connectivity index (χ4v) is 4.61. The van der Waals surface area contributed by atoms with Gasteiger partial charge in [0.1, 0.15) is 11.5 Å². The lowest BCUT2D eigenvalue weighted by atomic mass is 10.0. The molecule has 1 aromatic carbocycles. The van der Waals surface area contributed by atoms with Crippen LogP contribution in [0.5, 0.6) is 0 Å². The summed E-state index contributed by atoms with van der Waals surface area (Å²) < 4.78 is 8.18. The summed E-state index contributed by atoms with van der Waals surface area (Å²) in [7, 11) is 0. The number of carboxylic acids is 1. The van der Waals surface area contributed by atoms with Gasteiger partial charge in [-0.2, -0.15) is 5.01 Å². The van der Waals surface area contributed by atoms with Crippen LogP contribution in [0.4, 0.5) is 0 Å². The summed E-state index contributed by atoms with van der Waals surface area (Å²) in [5.41, 5.74) is 3.66. The van der Waals surface area contributed by atoms with E-state index in [1.807, 2.05) is 32.9 Å². The zero-order valence-electron chi connectivity index (χ0n) is 16.5. The molecule has 0 aliphatic carbocycles. The first-order chi connectivity index (χ1) is 14.3. The number of carbonyl (C=O) groups is 2. The number of benzene rings is 1. The van der Waals surface area contributed by atoms with E-state index in [9.17, 15) is 9.59 Å². The highest BCUT2D eigenvalue weighted by Gasteiger charge is 2.35. The van der Waals surface area contributed by atoms with Crippen LogP contribution in [0.15, 0.2) is 51.8 Å². The number of thioether (sulfide) groups is 1. The summed E-state index contributed by atoms with van der Waals surface area (Å²) in [5.74, 6) is -0.0521. The Labute approximate surface area is 182 Å². The molecule has 1 amide bonds. The number of hydrogen-bond acceptors (Lipinski definition) is 5. The minimum absolute atomic E-state index is 0.202. The Morgan fingerprint density at radius 3 is 2.43 bits per heavy atom. The number of nitrogens with zero attached hydrogens (tertiary/aromatic N) is 2. The van der Waals surface area contributed by atoms with E-state index in [4.69, 9.17) is 21.7 Å². The Morgan fingerprint density at radius 1 is 1.10 bits per heavy atom. The third kappa shape index (κ3) is 3.48. The van der Waals surface area contributed by atoms with E-state index in [0.717, 1.165) is 22.5 Å². The van der Waals surface area contributed by atoms with Crippen molar-refractivity contribution in [1.29, 1.82) is 0 Å². The molecule has 1 aliphatic heterocycles. The topological polar surface area (TPSA) is 75.7 Å². The highest BCUT2D eigenvalue weighted by atomic mass is 32.2. The van der Waals surface area contributed by atoms with Gasteiger partial charge in [0.05, 0.1) is 10.5 Å². The number of aromatic nitrogens is 1. The second-order valence-electron chi connectivity index (χ2n) is 6.96. The molecule has 0 unspecified atom stereocenters. The lowest BCUT2D eigenvalue weighted by molar-refractivity contribution is -0.114. The highest BCUT2D eigenvalue weighted by molar-refractivity contribution is 8.27. The molecule has 3 heterocycles. The molecule has 0 atom stereocenters. The van der Waals surface area contributed by atoms with E-state index < -0.39 is 5.97 Å². The second-order valence-corrected chi connectivity index (χ2v) is 8.63. The molecule has 6 nitrogen and oxygen atoms in total. The molecule has 1 N–H and O–H groups in total. The number of thiocarbonyl (C=S) groups is 1. The van der Waals surface area contributed by atoms with E-state index in [1.165, 1.54) is 16.8 Å². The first-order valence-corrected chi connectivity index (χ1v) is 10.4. The van der Waals surface area contributed by atoms with Crippen molar-refractivity contribution in [2.24, 2.45) is 0 Å². The molecule has 1 aliphatic rings. The number of carboxylic acid groups (broad SMARTS) is 1. The number of aromatic carboxylic acids is 1. The molecule has 0 radical (unpaired) electrons. The Morgan fingerprint density at radius 2 is 1.80 bits per heavy atom. The highest BCUT2D eigenvalue weighted by Crippen LogP contribution is 2.34. The minimum atomic E-state index is -0.972. The fraction of sp³-hybridized carbons (Fsp3) is 0.136. The lowest BCUT2D eigenvalue weighted by Gasteiger charge is -2.20. The number of amides is 1. The predicted molar refractivity (Wildman–Crippen MR) is 121 cm³/mol. The lowest BCUT2D eigenvalue weighted by Crippen LogP contribution is -2.39. The van der Waals surface area contributed by atoms with E-state index in [-0.39, 0.29) is 11.5 Å². The quantitative estimate of drug-likeness (QED) is 0.461. The summed E-state index contributed by atoms with van der Waals surface area (Å²) in [5, 5.41) is 10.6. The molecular weight excluding hydrogens is 420 g/mol. The number of hydrogen-bond donors (Lipinski definition) is 1. The van der Waals surface area contributed by atoms with Crippen LogP contribution in [-0.2, 0) is 4.79 Å². The van der Waals surface area contributed by atoms with Crippen LogP contribution in [-0.4, -0.2) is 26.0 Å². The second kappa shape index (κ2) is 7.62. The van der Waals surface area contributed by atoms with Gasteiger partial charge in [0.15, 0.2) is 4.32 Å². The molecule has 2 aromatic heterocycles. The van der Waals surface area contributed by atoms with Crippen molar-refractivity contribution in [2.75, 3.05) is 5.01 Å². The normalized spacial score (nSPS) is 15.4. The van der Waals surface area contributed by atoms with Crippen molar-refractivity contribution < 1.29 is 19.1 Å². The molecule has 8 heteroatoms. The average Bonchev–Trinajstić information content (AvgIpc) is 3.35. The van der Waals surface area contributed by atoms with Gasteiger partial charge in [-0.05, 0) is 75.0 Å². The third-order valence-electron chi connectivity index (χ3n) is 4.85. The Balaban J connectivity index is 1.63. The van der Waals surface area contributed by atoms with Gasteiger partial charge in [-0.25, -0.2) is 4.79 Å². The molecule has 4 rings (SSSR count). The smallest absolute Gasteiger partial charge is 0.335 e. The van der Waals surface area contributed by atoms with Crippen LogP contribution in [0, 0.1) is 20.8 Å². The van der Waals surface area contributed by atoms with Crippen LogP contribution in [0.1, 0.15) is 33.1 Å². The molecule has 3 aromatic rings. The number of furan rings is 1. The maximum Gasteiger partial charge on any atom is 0.335 e. The summed E-state index contributed by atoms with van der Waals surface area (Å²) in [6.45, 7) is 5.68. The van der Waals surface area contributed by atoms with Gasteiger partial charge in [-0.3, -0.25) is 9.47 Å². The van der Waals surface area contributed by atoms with Crippen LogP contribution < -0.4 is 5.01 Å². The molecule has 1 fully saturated rings. The van der Waals surface area contributed by atoms with Crippen molar-refractivity contribution in [3.63, 3.8) is 0 Å². The van der Waals surface area contributed by atoms with Gasteiger partial charge in [-0.1, -0.05) is 17.8 Å². The summed E-state index contributed by atoms with van der Waals surface area (Å²) >= 11 is 6.67. The van der Waals surface area contributed by atoms with Crippen molar-refractivity contribution in [3.8, 4) is 11.3 Å². The molecule has 1 saturated heterocycles. The van der Waals surface area contributed by atoms with E-state index in [2.05, 4.69) is 0 Å². The first-order valence-electron chi connectivity index (χ1n) is 9.13. The van der Waals surface area contributed by atoms with Crippen LogP contribution >= 0.6 is 24.0 Å². The Bertz CT molecular complexity index is 1220. The van der Waals surface area contributed by atoms with Crippen LogP contribution in [0.2, 0.25) is 0 Å². The van der Waals surface area contributed by atoms with Crippen LogP contribution in [0.25, 0.3) is 17.4 Å². The fourth-order valence-electron chi connectivity index (χ4n) is 3.39. The molecule has 0 spiro atoms. The van der Waals surface area contributed by atoms with Crippen molar-refractivity contribution in [2.45, 2.75) is 20.8 Å². The van der Waals surface area contributed by atoms with Gasteiger partial charge in [0.2, 0.25) is 0 Å². The van der Waals surface area contributed by atoms with E-state index in [1.54, 1.807) is 41.1 Å². The van der Waals surface area contributed by atoms with Crippen molar-refractivity contribution >= 4 is 46.3 Å². The van der Waals surface area contributed by atoms with Gasteiger partial charge in [-0.15, -0.1) is 0 Å². The third-order valence-corrected chi connectivity index (χ3v) is 6.13. The zero-order valence-corrected chi connectivity index (χ0v) is 18.1.